The van der Waals surface area contributed by atoms with Crippen LogP contribution in [0.1, 0.15) is 23.1 Å². The molecule has 0 spiro atoms. The van der Waals surface area contributed by atoms with Gasteiger partial charge in [-0.15, -0.1) is 0 Å². The molecule has 0 fully saturated rings. The van der Waals surface area contributed by atoms with Gasteiger partial charge in [-0.25, -0.2) is 21.2 Å². The first kappa shape index (κ1) is 22.4. The number of benzene rings is 2. The van der Waals surface area contributed by atoms with Crippen LogP contribution < -0.4 is 0 Å². The van der Waals surface area contributed by atoms with Crippen molar-refractivity contribution in [1.82, 2.24) is 3.97 Å². The monoisotopic (exact) mass is 460 g/mol. The van der Waals surface area contributed by atoms with E-state index in [0.29, 0.717) is 10.2 Å². The van der Waals surface area contributed by atoms with Crippen LogP contribution in [0.3, 0.4) is 0 Å². The van der Waals surface area contributed by atoms with Crippen LogP contribution in [0.15, 0.2) is 54.7 Å². The van der Waals surface area contributed by atoms with E-state index in [9.17, 15) is 40.5 Å². The molecule has 164 valence electrons. The molecule has 2 aromatic carbocycles. The third-order valence-corrected chi connectivity index (χ3v) is 5.92. The molecule has 1 heterocycles. The fourth-order valence-electron chi connectivity index (χ4n) is 3.09. The molecule has 6 nitrogen and oxygen atoms in total. The van der Waals surface area contributed by atoms with Crippen molar-refractivity contribution in [3.63, 3.8) is 0 Å². The van der Waals surface area contributed by atoms with Gasteiger partial charge < -0.3 is 0 Å². The van der Waals surface area contributed by atoms with Crippen molar-refractivity contribution in [2.75, 3.05) is 5.75 Å². The molecule has 0 N–H and O–H groups in total. The van der Waals surface area contributed by atoms with Gasteiger partial charge in [0.25, 0.3) is 12.1 Å². The zero-order chi connectivity index (χ0) is 23.0. The number of nitro benzene ring substituents is 1. The van der Waals surface area contributed by atoms with Crippen LogP contribution in [0, 0.1) is 10.1 Å². The smallest absolute Gasteiger partial charge is 0.258 e. The molecule has 0 saturated heterocycles. The van der Waals surface area contributed by atoms with Gasteiger partial charge in [-0.3, -0.25) is 10.1 Å². The largest absolute Gasteiger partial charge is 0.416 e. The van der Waals surface area contributed by atoms with Crippen LogP contribution in [-0.2, 0) is 16.2 Å². The van der Waals surface area contributed by atoms with Crippen LogP contribution in [0.4, 0.5) is 27.6 Å². The number of rotatable bonds is 6. The van der Waals surface area contributed by atoms with Crippen LogP contribution in [0.5, 0.6) is 0 Å². The Labute approximate surface area is 172 Å². The fraction of sp³-hybridized carbons (Fsp3) is 0.158. The SMILES string of the molecule is O=[N+]([O-])c1cccc2c1c(C(F)F)cn2S(=O)(=O)CC=Cc1ccccc1C(F)(F)F. The maximum absolute atomic E-state index is 13.4. The van der Waals surface area contributed by atoms with E-state index >= 15 is 0 Å². The molecule has 31 heavy (non-hydrogen) atoms. The molecule has 0 radical (unpaired) electrons. The highest BCUT2D eigenvalue weighted by Gasteiger charge is 2.32. The summed E-state index contributed by atoms with van der Waals surface area (Å²) in [6, 6.07) is 7.76. The normalized spacial score (nSPS) is 12.8. The highest BCUT2D eigenvalue weighted by molar-refractivity contribution is 7.90. The highest BCUT2D eigenvalue weighted by atomic mass is 32.2. The number of halogens is 5. The lowest BCUT2D eigenvalue weighted by Gasteiger charge is -2.09. The van der Waals surface area contributed by atoms with Crippen LogP contribution in [0.25, 0.3) is 17.0 Å². The Bertz CT molecular complexity index is 1280. The quantitative estimate of drug-likeness (QED) is 0.280. The fourth-order valence-corrected chi connectivity index (χ4v) is 4.32. The lowest BCUT2D eigenvalue weighted by atomic mass is 10.1. The lowest BCUT2D eigenvalue weighted by molar-refractivity contribution is -0.383. The predicted molar refractivity (Wildman–Crippen MR) is 103 cm³/mol. The number of nitro groups is 1. The number of hydrogen-bond acceptors (Lipinski definition) is 4. The Kier molecular flexibility index (Phi) is 5.85. The Morgan fingerprint density at radius 1 is 1.10 bits per heavy atom. The molecule has 0 bridgehead atoms. The van der Waals surface area contributed by atoms with Crippen LogP contribution >= 0.6 is 0 Å². The molecule has 3 aromatic rings. The molecular weight excluding hydrogens is 447 g/mol. The molecule has 0 aliphatic rings. The molecule has 1 aromatic heterocycles. The zero-order valence-electron chi connectivity index (χ0n) is 15.4. The summed E-state index contributed by atoms with van der Waals surface area (Å²) < 4.78 is 91.9. The minimum absolute atomic E-state index is 0.272. The van der Waals surface area contributed by atoms with Crippen LogP contribution in [0.2, 0.25) is 0 Å². The molecule has 12 heteroatoms. The summed E-state index contributed by atoms with van der Waals surface area (Å²) in [5, 5.41) is 10.7. The first-order chi connectivity index (χ1) is 14.4. The van der Waals surface area contributed by atoms with Gasteiger partial charge in [-0.05, 0) is 17.7 Å². The molecule has 0 atom stereocenters. The Morgan fingerprint density at radius 3 is 2.39 bits per heavy atom. The minimum atomic E-state index is -4.65. The van der Waals surface area contributed by atoms with E-state index < -0.39 is 55.5 Å². The topological polar surface area (TPSA) is 82.2 Å². The number of non-ortho nitro benzene ring substituents is 1. The third kappa shape index (κ3) is 4.43. The Balaban J connectivity index is 2.04. The van der Waals surface area contributed by atoms with E-state index in [-0.39, 0.29) is 11.1 Å². The maximum Gasteiger partial charge on any atom is 0.416 e. The second-order valence-electron chi connectivity index (χ2n) is 6.38. The van der Waals surface area contributed by atoms with E-state index in [2.05, 4.69) is 0 Å². The summed E-state index contributed by atoms with van der Waals surface area (Å²) in [6.45, 7) is 0. The van der Waals surface area contributed by atoms with Gasteiger partial charge in [0, 0.05) is 12.3 Å². The first-order valence-corrected chi connectivity index (χ1v) is 10.2. The lowest BCUT2D eigenvalue weighted by Crippen LogP contribution is -2.14. The van der Waals surface area contributed by atoms with Crippen molar-refractivity contribution < 1.29 is 35.3 Å². The predicted octanol–water partition coefficient (Wildman–Crippen LogP) is 5.40. The molecular formula is C19H13F5N2O4S. The summed E-state index contributed by atoms with van der Waals surface area (Å²) in [4.78, 5) is 10.3. The second kappa shape index (κ2) is 8.10. The van der Waals surface area contributed by atoms with E-state index in [0.717, 1.165) is 42.5 Å². The number of fused-ring (bicyclic) bond motifs is 1. The average molecular weight is 460 g/mol. The van der Waals surface area contributed by atoms with Crippen molar-refractivity contribution in [1.29, 1.82) is 0 Å². The summed E-state index contributed by atoms with van der Waals surface area (Å²) in [7, 11) is -4.37. The third-order valence-electron chi connectivity index (χ3n) is 4.40. The first-order valence-electron chi connectivity index (χ1n) is 8.56. The summed E-state index contributed by atoms with van der Waals surface area (Å²) in [6.07, 6.45) is -5.33. The van der Waals surface area contributed by atoms with Crippen molar-refractivity contribution in [3.05, 3.63) is 81.5 Å². The van der Waals surface area contributed by atoms with Gasteiger partial charge in [0.2, 0.25) is 10.0 Å². The molecule has 0 saturated carbocycles. The molecule has 0 unspecified atom stereocenters. The minimum Gasteiger partial charge on any atom is -0.258 e. The summed E-state index contributed by atoms with van der Waals surface area (Å²) in [5.74, 6) is -0.825. The number of hydrogen-bond donors (Lipinski definition) is 0. The van der Waals surface area contributed by atoms with Gasteiger partial charge in [-0.1, -0.05) is 36.4 Å². The number of nitrogens with zero attached hydrogens (tertiary/aromatic N) is 2. The Hall–Kier alpha value is -3.28. The number of aromatic nitrogens is 1. The van der Waals surface area contributed by atoms with Crippen molar-refractivity contribution >= 4 is 32.7 Å². The van der Waals surface area contributed by atoms with Gasteiger partial charge in [0.05, 0.1) is 32.7 Å². The zero-order valence-corrected chi connectivity index (χ0v) is 16.2. The van der Waals surface area contributed by atoms with Crippen LogP contribution in [-0.4, -0.2) is 23.1 Å². The number of alkyl halides is 5. The highest BCUT2D eigenvalue weighted by Crippen LogP contribution is 2.37. The average Bonchev–Trinajstić information content (AvgIpc) is 3.08. The van der Waals surface area contributed by atoms with Crippen molar-refractivity contribution in [2.45, 2.75) is 12.6 Å². The van der Waals surface area contributed by atoms with Gasteiger partial charge in [-0.2, -0.15) is 13.2 Å². The maximum atomic E-state index is 13.4. The molecule has 0 amide bonds. The van der Waals surface area contributed by atoms with Gasteiger partial charge in [0.1, 0.15) is 0 Å². The molecule has 0 aliphatic carbocycles. The second-order valence-corrected chi connectivity index (χ2v) is 8.27. The van der Waals surface area contributed by atoms with E-state index in [1.807, 2.05) is 0 Å². The molecule has 0 aliphatic heterocycles. The summed E-state index contributed by atoms with van der Waals surface area (Å²) in [5.41, 5.74) is -3.08. The van der Waals surface area contributed by atoms with E-state index in [4.69, 9.17) is 0 Å². The Morgan fingerprint density at radius 2 is 1.77 bits per heavy atom. The van der Waals surface area contributed by atoms with E-state index in [1.54, 1.807) is 0 Å². The van der Waals surface area contributed by atoms with Crippen molar-refractivity contribution in [2.24, 2.45) is 0 Å². The standard InChI is InChI=1S/C19H13F5N2O4S/c20-18(21)13-11-25(15-8-3-9-16(17(13)15)26(27)28)31(29,30)10-4-6-12-5-1-2-7-14(12)19(22,23)24/h1-9,11,18H,10H2. The van der Waals surface area contributed by atoms with E-state index in [1.165, 1.54) is 12.1 Å². The van der Waals surface area contributed by atoms with Crippen molar-refractivity contribution in [3.8, 4) is 0 Å². The molecule has 3 rings (SSSR count). The summed E-state index contributed by atoms with van der Waals surface area (Å²) >= 11 is 0. The van der Waals surface area contributed by atoms with Gasteiger partial charge in [0.15, 0.2) is 0 Å². The van der Waals surface area contributed by atoms with Gasteiger partial charge >= 0.3 is 6.18 Å².